The van der Waals surface area contributed by atoms with E-state index in [9.17, 15) is 9.18 Å². The Morgan fingerprint density at radius 2 is 1.81 bits per heavy atom. The summed E-state index contributed by atoms with van der Waals surface area (Å²) in [5.41, 5.74) is -1.22. The van der Waals surface area contributed by atoms with E-state index in [1.54, 1.807) is 13.8 Å². The van der Waals surface area contributed by atoms with Gasteiger partial charge in [-0.3, -0.25) is 0 Å². The van der Waals surface area contributed by atoms with Crippen molar-refractivity contribution >= 4 is 5.97 Å². The molecule has 88 valence electrons. The highest BCUT2D eigenvalue weighted by Crippen LogP contribution is 2.25. The minimum Gasteiger partial charge on any atom is -0.478 e. The van der Waals surface area contributed by atoms with Crippen LogP contribution in [-0.4, -0.2) is 16.7 Å². The molecule has 0 aliphatic carbocycles. The Kier molecular flexibility index (Phi) is 3.88. The van der Waals surface area contributed by atoms with Gasteiger partial charge in [0.25, 0.3) is 0 Å². The maximum Gasteiger partial charge on any atom is 0.348 e. The van der Waals surface area contributed by atoms with Gasteiger partial charge < -0.3 is 9.84 Å². The third-order valence-corrected chi connectivity index (χ3v) is 2.66. The fourth-order valence-electron chi connectivity index (χ4n) is 1.47. The molecular formula is C12H15FO3. The second-order valence-corrected chi connectivity index (χ2v) is 3.56. The molecule has 1 aromatic rings. The highest BCUT2D eigenvalue weighted by molar-refractivity contribution is 5.77. The van der Waals surface area contributed by atoms with E-state index >= 15 is 0 Å². The lowest BCUT2D eigenvalue weighted by atomic mass is 9.97. The van der Waals surface area contributed by atoms with Gasteiger partial charge >= 0.3 is 5.97 Å². The number of ether oxygens (including phenoxy) is 1. The van der Waals surface area contributed by atoms with E-state index in [4.69, 9.17) is 9.84 Å². The van der Waals surface area contributed by atoms with Gasteiger partial charge in [0.15, 0.2) is 0 Å². The van der Waals surface area contributed by atoms with Crippen LogP contribution in [-0.2, 0) is 4.79 Å². The van der Waals surface area contributed by atoms with E-state index in [0.717, 1.165) is 0 Å². The molecule has 0 spiro atoms. The molecule has 4 heteroatoms. The van der Waals surface area contributed by atoms with Crippen LogP contribution in [0.25, 0.3) is 0 Å². The molecule has 0 saturated carbocycles. The number of hydrogen-bond acceptors (Lipinski definition) is 2. The number of carboxylic acids is 1. The smallest absolute Gasteiger partial charge is 0.348 e. The largest absolute Gasteiger partial charge is 0.478 e. The zero-order chi connectivity index (χ0) is 12.2. The minimum absolute atomic E-state index is 0.357. The highest BCUT2D eigenvalue weighted by Gasteiger charge is 2.37. The van der Waals surface area contributed by atoms with Crippen molar-refractivity contribution in [3.8, 4) is 5.75 Å². The Morgan fingerprint density at radius 1 is 1.31 bits per heavy atom. The fourth-order valence-corrected chi connectivity index (χ4v) is 1.47. The van der Waals surface area contributed by atoms with Gasteiger partial charge in [-0.25, -0.2) is 9.18 Å². The first-order valence-corrected chi connectivity index (χ1v) is 5.22. The van der Waals surface area contributed by atoms with Crippen LogP contribution in [0.2, 0.25) is 0 Å². The first-order chi connectivity index (χ1) is 7.54. The van der Waals surface area contributed by atoms with Gasteiger partial charge in [0.2, 0.25) is 5.60 Å². The summed E-state index contributed by atoms with van der Waals surface area (Å²) in [6, 6.07) is 5.34. The Hall–Kier alpha value is -1.58. The molecule has 1 aromatic carbocycles. The molecule has 0 unspecified atom stereocenters. The fraction of sp³-hybridized carbons (Fsp3) is 0.417. The third kappa shape index (κ3) is 2.51. The van der Waals surface area contributed by atoms with Crippen molar-refractivity contribution in [2.24, 2.45) is 0 Å². The molecule has 0 aliphatic heterocycles. The minimum atomic E-state index is -1.22. The van der Waals surface area contributed by atoms with Gasteiger partial charge in [0.1, 0.15) is 11.6 Å². The maximum atomic E-state index is 12.7. The second-order valence-electron chi connectivity index (χ2n) is 3.56. The summed E-state index contributed by atoms with van der Waals surface area (Å²) in [7, 11) is 0. The van der Waals surface area contributed by atoms with E-state index in [1.807, 2.05) is 0 Å². The van der Waals surface area contributed by atoms with Gasteiger partial charge in [-0.1, -0.05) is 13.8 Å². The summed E-state index contributed by atoms with van der Waals surface area (Å²) in [5, 5.41) is 9.14. The van der Waals surface area contributed by atoms with Gasteiger partial charge in [0, 0.05) is 0 Å². The molecule has 0 heterocycles. The average Bonchev–Trinajstić information content (AvgIpc) is 2.28. The van der Waals surface area contributed by atoms with E-state index in [1.165, 1.54) is 24.3 Å². The first-order valence-electron chi connectivity index (χ1n) is 5.22. The molecular weight excluding hydrogens is 211 g/mol. The molecule has 16 heavy (non-hydrogen) atoms. The van der Waals surface area contributed by atoms with E-state index in [2.05, 4.69) is 0 Å². The quantitative estimate of drug-likeness (QED) is 0.839. The normalized spacial score (nSPS) is 11.2. The molecule has 0 radical (unpaired) electrons. The van der Waals surface area contributed by atoms with Gasteiger partial charge in [-0.15, -0.1) is 0 Å². The predicted molar refractivity (Wildman–Crippen MR) is 58.0 cm³/mol. The van der Waals surface area contributed by atoms with Crippen molar-refractivity contribution in [1.29, 1.82) is 0 Å². The van der Waals surface area contributed by atoms with Crippen LogP contribution in [0, 0.1) is 5.82 Å². The van der Waals surface area contributed by atoms with E-state index in [0.29, 0.717) is 18.6 Å². The molecule has 0 saturated heterocycles. The maximum absolute atomic E-state index is 12.7. The number of benzene rings is 1. The van der Waals surface area contributed by atoms with Gasteiger partial charge in [-0.05, 0) is 37.1 Å². The van der Waals surface area contributed by atoms with Crippen LogP contribution in [0.4, 0.5) is 4.39 Å². The van der Waals surface area contributed by atoms with Gasteiger partial charge in [-0.2, -0.15) is 0 Å². The zero-order valence-corrected chi connectivity index (χ0v) is 9.37. The van der Waals surface area contributed by atoms with Gasteiger partial charge in [0.05, 0.1) is 0 Å². The molecule has 1 N–H and O–H groups in total. The van der Waals surface area contributed by atoms with Crippen molar-refractivity contribution in [2.75, 3.05) is 0 Å². The monoisotopic (exact) mass is 226 g/mol. The summed E-state index contributed by atoms with van der Waals surface area (Å²) < 4.78 is 18.1. The molecule has 0 aliphatic rings. The molecule has 0 atom stereocenters. The number of rotatable bonds is 5. The molecule has 0 aromatic heterocycles. The number of halogens is 1. The standard InChI is InChI=1S/C12H15FO3/c1-3-12(4-2,11(14)15)16-10-7-5-9(13)6-8-10/h5-8H,3-4H2,1-2H3,(H,14,15). The lowest BCUT2D eigenvalue weighted by Gasteiger charge is -2.27. The summed E-state index contributed by atoms with van der Waals surface area (Å²) in [6.07, 6.45) is 0.715. The van der Waals surface area contributed by atoms with E-state index < -0.39 is 11.6 Å². The molecule has 1 rings (SSSR count). The lowest BCUT2D eigenvalue weighted by Crippen LogP contribution is -2.43. The van der Waals surface area contributed by atoms with Crippen LogP contribution >= 0.6 is 0 Å². The molecule has 0 amide bonds. The topological polar surface area (TPSA) is 46.5 Å². The SMILES string of the molecule is CCC(CC)(Oc1ccc(F)cc1)C(=O)O. The van der Waals surface area contributed by atoms with Crippen LogP contribution in [0.1, 0.15) is 26.7 Å². The van der Waals surface area contributed by atoms with Crippen LogP contribution in [0.3, 0.4) is 0 Å². The third-order valence-electron chi connectivity index (χ3n) is 2.66. The summed E-state index contributed by atoms with van der Waals surface area (Å²) in [5.74, 6) is -1.00. The van der Waals surface area contributed by atoms with Crippen molar-refractivity contribution in [1.82, 2.24) is 0 Å². The average molecular weight is 226 g/mol. The van der Waals surface area contributed by atoms with E-state index in [-0.39, 0.29) is 5.82 Å². The Bertz CT molecular complexity index is 355. The predicted octanol–water partition coefficient (Wildman–Crippen LogP) is 2.85. The van der Waals surface area contributed by atoms with Crippen LogP contribution in [0.5, 0.6) is 5.75 Å². The molecule has 3 nitrogen and oxygen atoms in total. The molecule has 0 bridgehead atoms. The summed E-state index contributed by atoms with van der Waals surface area (Å²) in [4.78, 5) is 11.2. The van der Waals surface area contributed by atoms with Crippen molar-refractivity contribution in [3.63, 3.8) is 0 Å². The lowest BCUT2D eigenvalue weighted by molar-refractivity contribution is -0.156. The van der Waals surface area contributed by atoms with Crippen molar-refractivity contribution < 1.29 is 19.0 Å². The summed E-state index contributed by atoms with van der Waals surface area (Å²) >= 11 is 0. The number of carbonyl (C=O) groups is 1. The second kappa shape index (κ2) is 4.96. The van der Waals surface area contributed by atoms with Crippen LogP contribution in [0.15, 0.2) is 24.3 Å². The highest BCUT2D eigenvalue weighted by atomic mass is 19.1. The number of hydrogen-bond donors (Lipinski definition) is 1. The molecule has 0 fully saturated rings. The Labute approximate surface area is 93.9 Å². The first kappa shape index (κ1) is 12.5. The number of aliphatic carboxylic acids is 1. The summed E-state index contributed by atoms with van der Waals surface area (Å²) in [6.45, 7) is 3.50. The Balaban J connectivity index is 2.91. The van der Waals surface area contributed by atoms with Crippen molar-refractivity contribution in [3.05, 3.63) is 30.1 Å². The number of carboxylic acid groups (broad SMARTS) is 1. The van der Waals surface area contributed by atoms with Crippen molar-refractivity contribution in [2.45, 2.75) is 32.3 Å². The zero-order valence-electron chi connectivity index (χ0n) is 9.37. The van der Waals surface area contributed by atoms with Crippen LogP contribution < -0.4 is 4.74 Å². The Morgan fingerprint density at radius 3 is 2.19 bits per heavy atom.